The lowest BCUT2D eigenvalue weighted by molar-refractivity contribution is 0.232. The summed E-state index contributed by atoms with van der Waals surface area (Å²) in [5, 5.41) is 8.83. The first-order chi connectivity index (χ1) is 5.20. The fourth-order valence-corrected chi connectivity index (χ4v) is 0.861. The predicted molar refractivity (Wildman–Crippen MR) is 49.0 cm³/mol. The van der Waals surface area contributed by atoms with Crippen LogP contribution in [0.4, 0.5) is 0 Å². The summed E-state index contributed by atoms with van der Waals surface area (Å²) in [7, 11) is 0. The normalized spacial score (nSPS) is 14.6. The molecule has 0 aliphatic rings. The Kier molecular flexibility index (Phi) is 6.06. The van der Waals surface area contributed by atoms with Crippen molar-refractivity contribution < 1.29 is 5.21 Å². The molecule has 1 unspecified atom stereocenters. The van der Waals surface area contributed by atoms with Gasteiger partial charge in [0.2, 0.25) is 5.96 Å². The standard InChI is InChI=1S/C6H15N3OS/c1-5(11-2)3-4-8-6(7)9-10/h5,10H,3-4H2,1-2H3,(H3,7,8,9). The van der Waals surface area contributed by atoms with Crippen molar-refractivity contribution in [2.24, 2.45) is 10.7 Å². The van der Waals surface area contributed by atoms with Gasteiger partial charge in [-0.1, -0.05) is 6.92 Å². The van der Waals surface area contributed by atoms with Crippen LogP contribution in [0.1, 0.15) is 13.3 Å². The zero-order valence-corrected chi connectivity index (χ0v) is 7.69. The van der Waals surface area contributed by atoms with E-state index >= 15 is 0 Å². The number of nitrogens with two attached hydrogens (primary N) is 1. The van der Waals surface area contributed by atoms with Crippen molar-refractivity contribution in [3.05, 3.63) is 0 Å². The van der Waals surface area contributed by atoms with Crippen LogP contribution in [0.25, 0.3) is 0 Å². The van der Waals surface area contributed by atoms with Gasteiger partial charge in [0.1, 0.15) is 0 Å². The van der Waals surface area contributed by atoms with E-state index in [0.717, 1.165) is 6.42 Å². The van der Waals surface area contributed by atoms with Crippen molar-refractivity contribution in [1.29, 1.82) is 0 Å². The number of nitrogens with one attached hydrogen (secondary N) is 1. The lowest BCUT2D eigenvalue weighted by Gasteiger charge is -2.04. The van der Waals surface area contributed by atoms with Gasteiger partial charge >= 0.3 is 0 Å². The second-order valence-corrected chi connectivity index (χ2v) is 3.49. The highest BCUT2D eigenvalue weighted by molar-refractivity contribution is 7.99. The molecule has 0 aromatic rings. The first-order valence-electron chi connectivity index (χ1n) is 3.43. The molecule has 0 bridgehead atoms. The Balaban J connectivity index is 3.39. The number of nitrogens with zero attached hydrogens (tertiary/aromatic N) is 1. The zero-order chi connectivity index (χ0) is 8.69. The number of rotatable bonds is 4. The van der Waals surface area contributed by atoms with Crippen LogP contribution in [0.2, 0.25) is 0 Å². The van der Waals surface area contributed by atoms with Crippen molar-refractivity contribution in [2.45, 2.75) is 18.6 Å². The van der Waals surface area contributed by atoms with E-state index < -0.39 is 0 Å². The van der Waals surface area contributed by atoms with Gasteiger partial charge in [-0.25, -0.2) is 5.48 Å². The molecule has 0 aliphatic heterocycles. The molecule has 0 rings (SSSR count). The molecule has 0 spiro atoms. The highest BCUT2D eigenvalue weighted by Gasteiger charge is 1.96. The van der Waals surface area contributed by atoms with Crippen LogP contribution in [0, 0.1) is 0 Å². The SMILES string of the molecule is CSC(C)CCN=C(N)NO. The van der Waals surface area contributed by atoms with E-state index in [4.69, 9.17) is 10.9 Å². The highest BCUT2D eigenvalue weighted by atomic mass is 32.2. The second kappa shape index (κ2) is 6.30. The Morgan fingerprint density at radius 1 is 1.82 bits per heavy atom. The van der Waals surface area contributed by atoms with Crippen molar-refractivity contribution in [2.75, 3.05) is 12.8 Å². The molecule has 11 heavy (non-hydrogen) atoms. The highest BCUT2D eigenvalue weighted by Crippen LogP contribution is 2.08. The summed E-state index contributed by atoms with van der Waals surface area (Å²) in [4.78, 5) is 3.85. The van der Waals surface area contributed by atoms with Gasteiger partial charge in [0.05, 0.1) is 0 Å². The number of aliphatic imine (C=N–C) groups is 1. The maximum Gasteiger partial charge on any atom is 0.212 e. The van der Waals surface area contributed by atoms with Crippen molar-refractivity contribution in [3.63, 3.8) is 0 Å². The predicted octanol–water partition coefficient (Wildman–Crippen LogP) is 0.421. The first kappa shape index (κ1) is 10.6. The lowest BCUT2D eigenvalue weighted by Crippen LogP contribution is -2.28. The summed E-state index contributed by atoms with van der Waals surface area (Å²) in [6, 6.07) is 0. The average Bonchev–Trinajstić information content (AvgIpc) is 2.04. The Labute approximate surface area is 71.2 Å². The van der Waals surface area contributed by atoms with Gasteiger partial charge in [-0.15, -0.1) is 0 Å². The van der Waals surface area contributed by atoms with Gasteiger partial charge in [-0.2, -0.15) is 11.8 Å². The quantitative estimate of drug-likeness (QED) is 0.331. The summed E-state index contributed by atoms with van der Waals surface area (Å²) >= 11 is 1.79. The van der Waals surface area contributed by atoms with E-state index in [2.05, 4.69) is 18.2 Å². The summed E-state index contributed by atoms with van der Waals surface area (Å²) in [5.41, 5.74) is 6.96. The summed E-state index contributed by atoms with van der Waals surface area (Å²) < 4.78 is 0. The van der Waals surface area contributed by atoms with Crippen LogP contribution in [0.3, 0.4) is 0 Å². The largest absolute Gasteiger partial charge is 0.368 e. The number of hydroxylamine groups is 1. The van der Waals surface area contributed by atoms with E-state index in [1.807, 2.05) is 0 Å². The van der Waals surface area contributed by atoms with Gasteiger partial charge in [0.15, 0.2) is 0 Å². The number of thioether (sulfide) groups is 1. The molecule has 0 fully saturated rings. The van der Waals surface area contributed by atoms with Gasteiger partial charge < -0.3 is 5.73 Å². The molecule has 0 aromatic heterocycles. The number of guanidine groups is 1. The van der Waals surface area contributed by atoms with E-state index in [1.165, 1.54) is 0 Å². The molecule has 0 heterocycles. The van der Waals surface area contributed by atoms with Crippen LogP contribution in [0.15, 0.2) is 4.99 Å². The smallest absolute Gasteiger partial charge is 0.212 e. The zero-order valence-electron chi connectivity index (χ0n) is 6.87. The Morgan fingerprint density at radius 2 is 2.45 bits per heavy atom. The molecule has 1 atom stereocenters. The number of hydrogen-bond donors (Lipinski definition) is 3. The van der Waals surface area contributed by atoms with Crippen LogP contribution in [0.5, 0.6) is 0 Å². The molecular weight excluding hydrogens is 162 g/mol. The molecule has 0 amide bonds. The summed E-state index contributed by atoms with van der Waals surface area (Å²) in [5.74, 6) is 0.0818. The van der Waals surface area contributed by atoms with Crippen LogP contribution in [-0.4, -0.2) is 29.2 Å². The molecule has 4 nitrogen and oxygen atoms in total. The average molecular weight is 177 g/mol. The van der Waals surface area contributed by atoms with Crippen molar-refractivity contribution in [3.8, 4) is 0 Å². The van der Waals surface area contributed by atoms with Crippen LogP contribution < -0.4 is 11.2 Å². The maximum absolute atomic E-state index is 8.25. The summed E-state index contributed by atoms with van der Waals surface area (Å²) in [6.45, 7) is 2.78. The minimum atomic E-state index is 0.0818. The van der Waals surface area contributed by atoms with Gasteiger partial charge in [-0.3, -0.25) is 10.2 Å². The fourth-order valence-electron chi connectivity index (χ4n) is 0.520. The molecule has 5 heteroatoms. The topological polar surface area (TPSA) is 70.6 Å². The summed E-state index contributed by atoms with van der Waals surface area (Å²) in [6.07, 6.45) is 3.03. The van der Waals surface area contributed by atoms with Crippen molar-refractivity contribution in [1.82, 2.24) is 5.48 Å². The molecule has 4 N–H and O–H groups in total. The van der Waals surface area contributed by atoms with E-state index in [1.54, 1.807) is 17.2 Å². The van der Waals surface area contributed by atoms with Crippen LogP contribution >= 0.6 is 11.8 Å². The third-order valence-corrected chi connectivity index (χ3v) is 2.38. The maximum atomic E-state index is 8.25. The molecule has 0 aromatic carbocycles. The Hall–Kier alpha value is -0.420. The van der Waals surface area contributed by atoms with Crippen molar-refractivity contribution >= 4 is 17.7 Å². The van der Waals surface area contributed by atoms with E-state index in [-0.39, 0.29) is 5.96 Å². The molecular formula is C6H15N3OS. The third kappa shape index (κ3) is 6.00. The lowest BCUT2D eigenvalue weighted by atomic mass is 10.3. The van der Waals surface area contributed by atoms with Crippen LogP contribution in [-0.2, 0) is 0 Å². The van der Waals surface area contributed by atoms with E-state index in [9.17, 15) is 0 Å². The molecule has 0 radical (unpaired) electrons. The third-order valence-electron chi connectivity index (χ3n) is 1.33. The monoisotopic (exact) mass is 177 g/mol. The molecule has 66 valence electrons. The van der Waals surface area contributed by atoms with E-state index in [0.29, 0.717) is 11.8 Å². The Morgan fingerprint density at radius 3 is 2.91 bits per heavy atom. The minimum absolute atomic E-state index is 0.0818. The van der Waals surface area contributed by atoms with Gasteiger partial charge in [0, 0.05) is 11.8 Å². The molecule has 0 aliphatic carbocycles. The number of hydrogen-bond acceptors (Lipinski definition) is 3. The Bertz CT molecular complexity index is 129. The minimum Gasteiger partial charge on any atom is -0.368 e. The fraction of sp³-hybridized carbons (Fsp3) is 0.833. The van der Waals surface area contributed by atoms with Gasteiger partial charge in [0.25, 0.3) is 0 Å². The van der Waals surface area contributed by atoms with Gasteiger partial charge in [-0.05, 0) is 12.7 Å². The molecule has 0 saturated carbocycles. The second-order valence-electron chi connectivity index (χ2n) is 2.21. The molecule has 0 saturated heterocycles. The first-order valence-corrected chi connectivity index (χ1v) is 4.72.